The van der Waals surface area contributed by atoms with Crippen LogP contribution in [-0.4, -0.2) is 47.0 Å². The van der Waals surface area contributed by atoms with Gasteiger partial charge in [0.15, 0.2) is 0 Å². The van der Waals surface area contributed by atoms with Crippen LogP contribution in [0, 0.1) is 5.92 Å². The van der Waals surface area contributed by atoms with Gasteiger partial charge in [-0.1, -0.05) is 0 Å². The number of urea groups is 1. The van der Waals surface area contributed by atoms with Crippen LogP contribution in [0.15, 0.2) is 0 Å². The van der Waals surface area contributed by atoms with Gasteiger partial charge in [0.25, 0.3) is 0 Å². The van der Waals surface area contributed by atoms with Crippen LogP contribution in [0.25, 0.3) is 0 Å². The highest BCUT2D eigenvalue weighted by Gasteiger charge is 2.25. The van der Waals surface area contributed by atoms with E-state index in [4.69, 9.17) is 10.8 Å². The molecule has 0 spiro atoms. The smallest absolute Gasteiger partial charge is 0.325 e. The van der Waals surface area contributed by atoms with Crippen LogP contribution in [0.2, 0.25) is 0 Å². The molecule has 1 aliphatic rings. The molecule has 0 aromatic rings. The Bertz CT molecular complexity index is 337. The Kier molecular flexibility index (Phi) is 4.94. The molecular formula is C11H19N3O4. The summed E-state index contributed by atoms with van der Waals surface area (Å²) >= 11 is 0. The van der Waals surface area contributed by atoms with Crippen molar-refractivity contribution < 1.29 is 19.5 Å². The van der Waals surface area contributed by atoms with Crippen LogP contribution >= 0.6 is 0 Å². The first-order valence-corrected chi connectivity index (χ1v) is 5.96. The van der Waals surface area contributed by atoms with Crippen LogP contribution in [-0.2, 0) is 9.59 Å². The van der Waals surface area contributed by atoms with Gasteiger partial charge in [-0.15, -0.1) is 0 Å². The number of hydrogen-bond acceptors (Lipinski definition) is 3. The Balaban J connectivity index is 2.36. The van der Waals surface area contributed by atoms with E-state index in [9.17, 15) is 14.4 Å². The van der Waals surface area contributed by atoms with Crippen LogP contribution in [0.1, 0.15) is 26.2 Å². The van der Waals surface area contributed by atoms with E-state index in [1.54, 1.807) is 4.90 Å². The van der Waals surface area contributed by atoms with Gasteiger partial charge in [-0.3, -0.25) is 9.59 Å². The molecule has 18 heavy (non-hydrogen) atoms. The zero-order valence-corrected chi connectivity index (χ0v) is 10.4. The minimum absolute atomic E-state index is 0.225. The van der Waals surface area contributed by atoms with Gasteiger partial charge in [0, 0.05) is 19.5 Å². The third-order valence-electron chi connectivity index (χ3n) is 3.10. The van der Waals surface area contributed by atoms with Gasteiger partial charge in [0.05, 0.1) is 0 Å². The Hall–Kier alpha value is -1.79. The molecule has 0 aromatic heterocycles. The van der Waals surface area contributed by atoms with Gasteiger partial charge in [-0.2, -0.15) is 0 Å². The molecule has 0 aliphatic carbocycles. The zero-order valence-electron chi connectivity index (χ0n) is 10.4. The lowest BCUT2D eigenvalue weighted by molar-refractivity contribution is -0.138. The standard InChI is InChI=1S/C11H19N3O4/c1-7(10(16)17)13-11(18)14-4-2-8(3-5-14)6-9(12)15/h7-8H,2-6H2,1H3,(H2,12,15)(H,13,18)(H,16,17)/t7-/m1/s1. The molecule has 0 unspecified atom stereocenters. The number of piperidine rings is 1. The van der Waals surface area contributed by atoms with E-state index in [0.717, 1.165) is 12.8 Å². The molecule has 7 nitrogen and oxygen atoms in total. The van der Waals surface area contributed by atoms with Crippen molar-refractivity contribution in [3.05, 3.63) is 0 Å². The Morgan fingerprint density at radius 2 is 1.94 bits per heavy atom. The van der Waals surface area contributed by atoms with E-state index in [1.165, 1.54) is 6.92 Å². The van der Waals surface area contributed by atoms with E-state index >= 15 is 0 Å². The van der Waals surface area contributed by atoms with E-state index in [1.807, 2.05) is 0 Å². The first kappa shape index (κ1) is 14.3. The predicted octanol–water partition coefficient (Wildman–Crippen LogP) is -0.243. The number of amides is 3. The molecule has 0 radical (unpaired) electrons. The molecule has 102 valence electrons. The maximum Gasteiger partial charge on any atom is 0.325 e. The molecule has 0 saturated carbocycles. The first-order valence-electron chi connectivity index (χ1n) is 5.96. The highest BCUT2D eigenvalue weighted by atomic mass is 16.4. The zero-order chi connectivity index (χ0) is 13.7. The molecule has 4 N–H and O–H groups in total. The second-order valence-electron chi connectivity index (χ2n) is 4.61. The number of primary amides is 1. The summed E-state index contributed by atoms with van der Waals surface area (Å²) in [6.07, 6.45) is 1.79. The second kappa shape index (κ2) is 6.23. The van der Waals surface area contributed by atoms with E-state index in [0.29, 0.717) is 19.5 Å². The third kappa shape index (κ3) is 4.23. The van der Waals surface area contributed by atoms with Crippen molar-refractivity contribution in [3.63, 3.8) is 0 Å². The normalized spacial score (nSPS) is 18.2. The largest absolute Gasteiger partial charge is 0.480 e. The number of carbonyl (C=O) groups is 3. The van der Waals surface area contributed by atoms with Gasteiger partial charge >= 0.3 is 12.0 Å². The molecule has 1 heterocycles. The van der Waals surface area contributed by atoms with Crippen LogP contribution in [0.3, 0.4) is 0 Å². The average Bonchev–Trinajstić information content (AvgIpc) is 2.28. The third-order valence-corrected chi connectivity index (χ3v) is 3.10. The van der Waals surface area contributed by atoms with Crippen LogP contribution in [0.5, 0.6) is 0 Å². The highest BCUT2D eigenvalue weighted by Crippen LogP contribution is 2.20. The van der Waals surface area contributed by atoms with E-state index in [-0.39, 0.29) is 17.9 Å². The number of carbonyl (C=O) groups excluding carboxylic acids is 2. The fraction of sp³-hybridized carbons (Fsp3) is 0.727. The molecular weight excluding hydrogens is 238 g/mol. The lowest BCUT2D eigenvalue weighted by Crippen LogP contribution is -2.49. The predicted molar refractivity (Wildman–Crippen MR) is 63.7 cm³/mol. The number of carboxylic acid groups (broad SMARTS) is 1. The summed E-state index contributed by atoms with van der Waals surface area (Å²) in [5.41, 5.74) is 5.12. The molecule has 1 aliphatic heterocycles. The van der Waals surface area contributed by atoms with Crippen molar-refractivity contribution in [1.29, 1.82) is 0 Å². The summed E-state index contributed by atoms with van der Waals surface area (Å²) in [6, 6.07) is -1.27. The summed E-state index contributed by atoms with van der Waals surface area (Å²) in [5, 5.41) is 11.1. The molecule has 1 saturated heterocycles. The van der Waals surface area contributed by atoms with Crippen molar-refractivity contribution in [1.82, 2.24) is 10.2 Å². The monoisotopic (exact) mass is 257 g/mol. The Morgan fingerprint density at radius 3 is 2.39 bits per heavy atom. The highest BCUT2D eigenvalue weighted by molar-refractivity contribution is 5.82. The fourth-order valence-electron chi connectivity index (χ4n) is 1.96. The summed E-state index contributed by atoms with van der Waals surface area (Å²) < 4.78 is 0. The number of hydrogen-bond donors (Lipinski definition) is 3. The summed E-state index contributed by atoms with van der Waals surface area (Å²) in [7, 11) is 0. The van der Waals surface area contributed by atoms with Crippen molar-refractivity contribution in [2.75, 3.05) is 13.1 Å². The van der Waals surface area contributed by atoms with Crippen molar-refractivity contribution in [3.8, 4) is 0 Å². The van der Waals surface area contributed by atoms with Gasteiger partial charge < -0.3 is 21.1 Å². The minimum atomic E-state index is -1.06. The van der Waals surface area contributed by atoms with E-state index in [2.05, 4.69) is 5.32 Å². The number of nitrogens with zero attached hydrogens (tertiary/aromatic N) is 1. The molecule has 1 rings (SSSR count). The maximum absolute atomic E-state index is 11.7. The van der Waals surface area contributed by atoms with Crippen molar-refractivity contribution >= 4 is 17.9 Å². The van der Waals surface area contributed by atoms with Crippen molar-refractivity contribution in [2.24, 2.45) is 11.7 Å². The second-order valence-corrected chi connectivity index (χ2v) is 4.61. The van der Waals surface area contributed by atoms with Crippen molar-refractivity contribution in [2.45, 2.75) is 32.2 Å². The molecule has 0 aromatic carbocycles. The number of aliphatic carboxylic acids is 1. The number of nitrogens with one attached hydrogen (secondary N) is 1. The quantitative estimate of drug-likeness (QED) is 0.644. The number of carboxylic acids is 1. The Labute approximate surface area is 105 Å². The molecule has 7 heteroatoms. The first-order chi connectivity index (χ1) is 8.40. The Morgan fingerprint density at radius 1 is 1.39 bits per heavy atom. The number of likely N-dealkylation sites (tertiary alicyclic amines) is 1. The number of rotatable bonds is 4. The fourth-order valence-corrected chi connectivity index (χ4v) is 1.96. The van der Waals surface area contributed by atoms with Gasteiger partial charge in [0.2, 0.25) is 5.91 Å². The van der Waals surface area contributed by atoms with Gasteiger partial charge in [0.1, 0.15) is 6.04 Å². The molecule has 1 fully saturated rings. The minimum Gasteiger partial charge on any atom is -0.480 e. The van der Waals surface area contributed by atoms with Gasteiger partial charge in [-0.05, 0) is 25.7 Å². The topological polar surface area (TPSA) is 113 Å². The van der Waals surface area contributed by atoms with E-state index < -0.39 is 12.0 Å². The molecule has 3 amide bonds. The maximum atomic E-state index is 11.7. The van der Waals surface area contributed by atoms with Gasteiger partial charge in [-0.25, -0.2) is 4.79 Å². The lowest BCUT2D eigenvalue weighted by Gasteiger charge is -2.32. The summed E-state index contributed by atoms with van der Waals surface area (Å²) in [4.78, 5) is 34.6. The average molecular weight is 257 g/mol. The SMILES string of the molecule is C[C@@H](NC(=O)N1CCC(CC(N)=O)CC1)C(=O)O. The lowest BCUT2D eigenvalue weighted by atomic mass is 9.93. The number of nitrogens with two attached hydrogens (primary N) is 1. The summed E-state index contributed by atoms with van der Waals surface area (Å²) in [6.45, 7) is 2.46. The summed E-state index contributed by atoms with van der Waals surface area (Å²) in [5.74, 6) is -1.16. The molecule has 0 bridgehead atoms. The van der Waals surface area contributed by atoms with Crippen LogP contribution < -0.4 is 11.1 Å². The molecule has 1 atom stereocenters. The van der Waals surface area contributed by atoms with Crippen LogP contribution in [0.4, 0.5) is 4.79 Å².